The van der Waals surface area contributed by atoms with Crippen molar-refractivity contribution < 1.29 is 23.9 Å². The van der Waals surface area contributed by atoms with Crippen molar-refractivity contribution in [1.82, 2.24) is 10.2 Å². The zero-order chi connectivity index (χ0) is 18.4. The Labute approximate surface area is 145 Å². The molecular weight excluding hydrogens is 326 g/mol. The number of anilines is 1. The van der Waals surface area contributed by atoms with E-state index in [1.807, 2.05) is 6.07 Å². The minimum atomic E-state index is -0.665. The van der Waals surface area contributed by atoms with Crippen molar-refractivity contribution in [2.75, 3.05) is 25.1 Å². The Bertz CT molecular complexity index is 662. The summed E-state index contributed by atoms with van der Waals surface area (Å²) in [5, 5.41) is 2.59. The Morgan fingerprint density at radius 3 is 2.52 bits per heavy atom. The number of para-hydroxylation sites is 1. The van der Waals surface area contributed by atoms with Crippen LogP contribution in [0.2, 0.25) is 0 Å². The summed E-state index contributed by atoms with van der Waals surface area (Å²) < 4.78 is 4.50. The Morgan fingerprint density at radius 2 is 1.88 bits per heavy atom. The van der Waals surface area contributed by atoms with Gasteiger partial charge in [0.15, 0.2) is 0 Å². The molecule has 8 nitrogen and oxygen atoms in total. The van der Waals surface area contributed by atoms with Gasteiger partial charge in [-0.2, -0.15) is 0 Å². The zero-order valence-electron chi connectivity index (χ0n) is 14.2. The van der Waals surface area contributed by atoms with Gasteiger partial charge < -0.3 is 10.1 Å². The van der Waals surface area contributed by atoms with Gasteiger partial charge in [-0.05, 0) is 25.5 Å². The van der Waals surface area contributed by atoms with E-state index in [1.165, 1.54) is 12.0 Å². The molecule has 0 saturated carbocycles. The van der Waals surface area contributed by atoms with E-state index in [2.05, 4.69) is 10.1 Å². The molecule has 4 amide bonds. The second-order valence-electron chi connectivity index (χ2n) is 5.62. The van der Waals surface area contributed by atoms with Crippen LogP contribution in [0.1, 0.15) is 19.8 Å². The number of rotatable bonds is 7. The number of methoxy groups -OCH3 is 1. The lowest BCUT2D eigenvalue weighted by molar-refractivity contribution is -0.140. The quantitative estimate of drug-likeness (QED) is 0.449. The van der Waals surface area contributed by atoms with Crippen LogP contribution in [0.5, 0.6) is 0 Å². The summed E-state index contributed by atoms with van der Waals surface area (Å²) in [5.74, 6) is -1.22. The smallest absolute Gasteiger partial charge is 0.332 e. The number of carbonyl (C=O) groups is 4. The maximum Gasteiger partial charge on any atom is 0.332 e. The lowest BCUT2D eigenvalue weighted by Gasteiger charge is -2.19. The van der Waals surface area contributed by atoms with Gasteiger partial charge in [-0.1, -0.05) is 18.2 Å². The third kappa shape index (κ3) is 4.34. The monoisotopic (exact) mass is 347 g/mol. The Kier molecular flexibility index (Phi) is 6.10. The van der Waals surface area contributed by atoms with E-state index in [0.717, 1.165) is 4.90 Å². The summed E-state index contributed by atoms with van der Waals surface area (Å²) >= 11 is 0. The number of amides is 4. The second kappa shape index (κ2) is 8.27. The molecule has 0 bridgehead atoms. The van der Waals surface area contributed by atoms with Crippen LogP contribution in [-0.4, -0.2) is 55.0 Å². The number of imide groups is 1. The fourth-order valence-electron chi connectivity index (χ4n) is 2.56. The van der Waals surface area contributed by atoms with Crippen LogP contribution in [0.25, 0.3) is 0 Å². The summed E-state index contributed by atoms with van der Waals surface area (Å²) in [6.07, 6.45) is 0.615. The van der Waals surface area contributed by atoms with Crippen LogP contribution in [0.3, 0.4) is 0 Å². The average Bonchev–Trinajstić information content (AvgIpc) is 2.82. The molecule has 0 spiro atoms. The van der Waals surface area contributed by atoms with Gasteiger partial charge in [0.1, 0.15) is 12.6 Å². The predicted octanol–water partition coefficient (Wildman–Crippen LogP) is 0.913. The molecule has 1 aliphatic heterocycles. The summed E-state index contributed by atoms with van der Waals surface area (Å²) in [6.45, 7) is 1.55. The lowest BCUT2D eigenvalue weighted by atomic mass is 10.2. The first-order chi connectivity index (χ1) is 12.0. The second-order valence-corrected chi connectivity index (χ2v) is 5.62. The number of ether oxygens (including phenoxy) is 1. The van der Waals surface area contributed by atoms with Crippen molar-refractivity contribution >= 4 is 29.5 Å². The number of nitrogens with one attached hydrogen (secondary N) is 1. The van der Waals surface area contributed by atoms with Crippen LogP contribution in [0, 0.1) is 0 Å². The summed E-state index contributed by atoms with van der Waals surface area (Å²) in [4.78, 5) is 50.1. The highest BCUT2D eigenvalue weighted by Gasteiger charge is 2.43. The minimum absolute atomic E-state index is 0.192. The van der Waals surface area contributed by atoms with Gasteiger partial charge in [-0.25, -0.2) is 4.79 Å². The van der Waals surface area contributed by atoms with Gasteiger partial charge in [0, 0.05) is 18.7 Å². The summed E-state index contributed by atoms with van der Waals surface area (Å²) in [7, 11) is 1.30. The molecule has 0 aromatic heterocycles. The molecule has 2 rings (SSSR count). The van der Waals surface area contributed by atoms with Crippen LogP contribution >= 0.6 is 0 Å². The molecule has 1 aromatic rings. The molecule has 1 saturated heterocycles. The minimum Gasteiger partial charge on any atom is -0.469 e. The third-order valence-electron chi connectivity index (χ3n) is 3.89. The maximum absolute atomic E-state index is 12.5. The number of urea groups is 1. The topological polar surface area (TPSA) is 96.0 Å². The molecule has 8 heteroatoms. The van der Waals surface area contributed by atoms with Crippen molar-refractivity contribution in [3.63, 3.8) is 0 Å². The van der Waals surface area contributed by atoms with Gasteiger partial charge in [0.05, 0.1) is 7.11 Å². The SMILES string of the molecule is COC(=O)CCCNC(=O)CN1C(=O)C(C)N(c2ccccc2)C1=O. The Hall–Kier alpha value is -2.90. The van der Waals surface area contributed by atoms with E-state index in [4.69, 9.17) is 0 Å². The summed E-state index contributed by atoms with van der Waals surface area (Å²) in [6, 6.07) is 7.65. The highest BCUT2D eigenvalue weighted by molar-refractivity contribution is 6.15. The number of hydrogen-bond donors (Lipinski definition) is 1. The van der Waals surface area contributed by atoms with Crippen molar-refractivity contribution in [2.45, 2.75) is 25.8 Å². The first-order valence-corrected chi connectivity index (χ1v) is 7.99. The molecule has 0 aliphatic carbocycles. The molecule has 1 atom stereocenters. The molecule has 1 heterocycles. The molecule has 1 aromatic carbocycles. The van der Waals surface area contributed by atoms with Crippen molar-refractivity contribution in [2.24, 2.45) is 0 Å². The fraction of sp³-hybridized carbons (Fsp3) is 0.412. The van der Waals surface area contributed by atoms with E-state index in [0.29, 0.717) is 12.1 Å². The Morgan fingerprint density at radius 1 is 1.20 bits per heavy atom. The van der Waals surface area contributed by atoms with Gasteiger partial charge in [-0.3, -0.25) is 24.2 Å². The molecular formula is C17H21N3O5. The first-order valence-electron chi connectivity index (χ1n) is 7.99. The van der Waals surface area contributed by atoms with Crippen LogP contribution in [-0.2, 0) is 19.1 Å². The highest BCUT2D eigenvalue weighted by Crippen LogP contribution is 2.25. The highest BCUT2D eigenvalue weighted by atomic mass is 16.5. The lowest BCUT2D eigenvalue weighted by Crippen LogP contribution is -2.41. The first kappa shape index (κ1) is 18.4. The number of esters is 1. The maximum atomic E-state index is 12.5. The van der Waals surface area contributed by atoms with Crippen molar-refractivity contribution in [3.8, 4) is 0 Å². The van der Waals surface area contributed by atoms with E-state index in [-0.39, 0.29) is 25.5 Å². The molecule has 25 heavy (non-hydrogen) atoms. The van der Waals surface area contributed by atoms with Gasteiger partial charge in [0.25, 0.3) is 5.91 Å². The van der Waals surface area contributed by atoms with E-state index >= 15 is 0 Å². The van der Waals surface area contributed by atoms with Crippen LogP contribution in [0.15, 0.2) is 30.3 Å². The predicted molar refractivity (Wildman–Crippen MR) is 89.8 cm³/mol. The molecule has 134 valence electrons. The van der Waals surface area contributed by atoms with Gasteiger partial charge in [0.2, 0.25) is 5.91 Å². The zero-order valence-corrected chi connectivity index (χ0v) is 14.2. The Balaban J connectivity index is 1.91. The number of hydrogen-bond acceptors (Lipinski definition) is 5. The molecule has 1 aliphatic rings. The number of carbonyl (C=O) groups excluding carboxylic acids is 4. The van der Waals surface area contributed by atoms with E-state index in [1.54, 1.807) is 31.2 Å². The van der Waals surface area contributed by atoms with E-state index in [9.17, 15) is 19.2 Å². The molecule has 1 N–H and O–H groups in total. The largest absolute Gasteiger partial charge is 0.469 e. The van der Waals surface area contributed by atoms with E-state index < -0.39 is 23.9 Å². The van der Waals surface area contributed by atoms with Crippen molar-refractivity contribution in [1.29, 1.82) is 0 Å². The van der Waals surface area contributed by atoms with Crippen LogP contribution in [0.4, 0.5) is 10.5 Å². The molecule has 1 unspecified atom stereocenters. The standard InChI is InChI=1S/C17H21N3O5/c1-12-16(23)19(11-14(21)18-10-6-9-15(22)25-2)17(24)20(12)13-7-4-3-5-8-13/h3-5,7-8,12H,6,9-11H2,1-2H3,(H,18,21). The number of benzene rings is 1. The normalized spacial score (nSPS) is 17.0. The fourth-order valence-corrected chi connectivity index (χ4v) is 2.56. The van der Waals surface area contributed by atoms with Crippen LogP contribution < -0.4 is 10.2 Å². The summed E-state index contributed by atoms with van der Waals surface area (Å²) in [5.41, 5.74) is 0.606. The number of nitrogens with zero attached hydrogens (tertiary/aromatic N) is 2. The molecule has 0 radical (unpaired) electrons. The van der Waals surface area contributed by atoms with Gasteiger partial charge >= 0.3 is 12.0 Å². The molecule has 1 fully saturated rings. The average molecular weight is 347 g/mol. The van der Waals surface area contributed by atoms with Crippen molar-refractivity contribution in [3.05, 3.63) is 30.3 Å². The van der Waals surface area contributed by atoms with Gasteiger partial charge in [-0.15, -0.1) is 0 Å². The third-order valence-corrected chi connectivity index (χ3v) is 3.89.